The van der Waals surface area contributed by atoms with Gasteiger partial charge in [0.15, 0.2) is 11.7 Å². The molecule has 0 fully saturated rings. The zero-order chi connectivity index (χ0) is 21.7. The predicted molar refractivity (Wildman–Crippen MR) is 117 cm³/mol. The van der Waals surface area contributed by atoms with Crippen molar-refractivity contribution < 1.29 is 14.5 Å². The molecule has 2 heterocycles. The summed E-state index contributed by atoms with van der Waals surface area (Å²) >= 11 is 13.3. The van der Waals surface area contributed by atoms with E-state index in [1.54, 1.807) is 29.7 Å². The Morgan fingerprint density at radius 2 is 2.13 bits per heavy atom. The molecule has 30 heavy (non-hydrogen) atoms. The summed E-state index contributed by atoms with van der Waals surface area (Å²) in [6, 6.07) is 7.99. The van der Waals surface area contributed by atoms with Crippen LogP contribution in [-0.4, -0.2) is 34.0 Å². The summed E-state index contributed by atoms with van der Waals surface area (Å²) in [6.07, 6.45) is 2.82. The topological polar surface area (TPSA) is 98.5 Å². The number of carbonyl (C=O) groups is 1. The molecule has 0 saturated heterocycles. The maximum atomic E-state index is 12.7. The number of nitrogens with zero attached hydrogens (tertiary/aromatic N) is 4. The minimum atomic E-state index is -0.675. The van der Waals surface area contributed by atoms with Crippen LogP contribution in [0.15, 0.2) is 54.6 Å². The lowest BCUT2D eigenvalue weighted by molar-refractivity contribution is -0.390. The first-order valence-corrected chi connectivity index (χ1v) is 10.1. The van der Waals surface area contributed by atoms with E-state index in [4.69, 9.17) is 27.9 Å². The van der Waals surface area contributed by atoms with Crippen molar-refractivity contribution in [3.63, 3.8) is 0 Å². The summed E-state index contributed by atoms with van der Waals surface area (Å²) in [5.74, 6) is -0.996. The van der Waals surface area contributed by atoms with Gasteiger partial charge < -0.3 is 14.9 Å². The van der Waals surface area contributed by atoms with Crippen LogP contribution in [0, 0.1) is 10.1 Å². The number of ether oxygens (including phenoxy) is 1. The maximum absolute atomic E-state index is 12.7. The van der Waals surface area contributed by atoms with E-state index in [1.165, 1.54) is 34.6 Å². The van der Waals surface area contributed by atoms with Crippen LogP contribution in [0.2, 0.25) is 10.0 Å². The highest BCUT2D eigenvalue weighted by molar-refractivity contribution is 7.14. The molecule has 8 nitrogen and oxygen atoms in total. The van der Waals surface area contributed by atoms with Crippen LogP contribution in [0.4, 0.5) is 10.9 Å². The quantitative estimate of drug-likeness (QED) is 0.263. The number of benzene rings is 1. The zero-order valence-corrected chi connectivity index (χ0v) is 17.7. The first-order chi connectivity index (χ1) is 14.4. The molecule has 0 N–H and O–H groups in total. The number of anilines is 1. The molecule has 0 aliphatic heterocycles. The van der Waals surface area contributed by atoms with Crippen LogP contribution in [-0.2, 0) is 4.79 Å². The lowest BCUT2D eigenvalue weighted by Crippen LogP contribution is -2.35. The number of rotatable bonds is 8. The molecular formula is C19H14Cl2N4O4S. The molecule has 0 bridgehead atoms. The van der Waals surface area contributed by atoms with E-state index in [1.807, 2.05) is 0 Å². The number of carbonyl (C=O) groups excluding carboxylic acids is 1. The number of pyridine rings is 1. The van der Waals surface area contributed by atoms with Gasteiger partial charge in [-0.3, -0.25) is 9.69 Å². The average molecular weight is 465 g/mol. The monoisotopic (exact) mass is 464 g/mol. The summed E-state index contributed by atoms with van der Waals surface area (Å²) in [5.41, 5.74) is 1.37. The fourth-order valence-electron chi connectivity index (χ4n) is 2.44. The Kier molecular flexibility index (Phi) is 6.99. The minimum Gasteiger partial charge on any atom is -0.476 e. The van der Waals surface area contributed by atoms with Crippen molar-refractivity contribution in [1.29, 1.82) is 0 Å². The van der Waals surface area contributed by atoms with Crippen molar-refractivity contribution in [3.8, 4) is 17.0 Å². The molecule has 11 heteroatoms. The molecular weight excluding hydrogens is 451 g/mol. The summed E-state index contributed by atoms with van der Waals surface area (Å²) in [6.45, 7) is 3.42. The largest absolute Gasteiger partial charge is 0.476 e. The number of amides is 1. The van der Waals surface area contributed by atoms with Gasteiger partial charge in [-0.25, -0.2) is 4.98 Å². The molecule has 1 amide bonds. The Bertz CT molecular complexity index is 1110. The van der Waals surface area contributed by atoms with Crippen molar-refractivity contribution in [3.05, 3.63) is 74.7 Å². The molecule has 1 aromatic carbocycles. The number of nitro groups is 1. The summed E-state index contributed by atoms with van der Waals surface area (Å²) in [5, 5.41) is 14.1. The van der Waals surface area contributed by atoms with Gasteiger partial charge in [0.1, 0.15) is 6.20 Å². The normalized spacial score (nSPS) is 10.5. The van der Waals surface area contributed by atoms with Crippen molar-refractivity contribution in [2.45, 2.75) is 0 Å². The Balaban J connectivity index is 1.78. The molecule has 2 aromatic heterocycles. The second-order valence-corrected chi connectivity index (χ2v) is 7.46. The maximum Gasteiger partial charge on any atom is 0.406 e. The van der Waals surface area contributed by atoms with E-state index < -0.39 is 23.3 Å². The molecule has 0 aliphatic carbocycles. The third-order valence-electron chi connectivity index (χ3n) is 3.83. The lowest BCUT2D eigenvalue weighted by atomic mass is 10.2. The molecule has 0 atom stereocenters. The fourth-order valence-corrected chi connectivity index (χ4v) is 3.60. The van der Waals surface area contributed by atoms with E-state index in [2.05, 4.69) is 16.5 Å². The first kappa shape index (κ1) is 21.7. The molecule has 0 radical (unpaired) electrons. The molecule has 0 saturated carbocycles. The number of hydrogen-bond acceptors (Lipinski definition) is 7. The third-order valence-corrected chi connectivity index (χ3v) is 5.43. The highest BCUT2D eigenvalue weighted by Gasteiger charge is 2.22. The Morgan fingerprint density at radius 3 is 2.83 bits per heavy atom. The van der Waals surface area contributed by atoms with Gasteiger partial charge in [0.25, 0.3) is 5.91 Å². The number of halogens is 2. The minimum absolute atomic E-state index is 0.0926. The average Bonchev–Trinajstić information content (AvgIpc) is 3.22. The summed E-state index contributed by atoms with van der Waals surface area (Å²) in [7, 11) is 0. The Morgan fingerprint density at radius 1 is 1.33 bits per heavy atom. The van der Waals surface area contributed by atoms with Crippen LogP contribution < -0.4 is 9.64 Å². The van der Waals surface area contributed by atoms with Gasteiger partial charge >= 0.3 is 5.82 Å². The van der Waals surface area contributed by atoms with E-state index >= 15 is 0 Å². The van der Waals surface area contributed by atoms with Gasteiger partial charge in [-0.1, -0.05) is 35.3 Å². The van der Waals surface area contributed by atoms with Gasteiger partial charge in [0.2, 0.25) is 5.75 Å². The van der Waals surface area contributed by atoms with E-state index in [-0.39, 0.29) is 12.3 Å². The van der Waals surface area contributed by atoms with Gasteiger partial charge in [-0.05, 0) is 34.2 Å². The SMILES string of the molecule is C=CCN(C(=O)COc1cccnc1[N+](=O)[O-])c1nc(-c2ccc(Cl)c(Cl)c2)cs1. The van der Waals surface area contributed by atoms with Gasteiger partial charge in [-0.15, -0.1) is 17.9 Å². The van der Waals surface area contributed by atoms with Crippen molar-refractivity contribution in [2.24, 2.45) is 0 Å². The van der Waals surface area contributed by atoms with E-state index in [0.29, 0.717) is 20.9 Å². The number of aromatic nitrogens is 2. The standard InChI is InChI=1S/C19H14Cl2N4O4S/c1-2-8-24(17(26)10-29-16-4-3-7-22-18(16)25(27)28)19-23-15(11-30-19)12-5-6-13(20)14(21)9-12/h2-7,9,11H,1,8,10H2. The third kappa shape index (κ3) is 4.93. The smallest absolute Gasteiger partial charge is 0.406 e. The van der Waals surface area contributed by atoms with Gasteiger partial charge in [0, 0.05) is 17.5 Å². The summed E-state index contributed by atoms with van der Waals surface area (Å²) in [4.78, 5) is 32.6. The van der Waals surface area contributed by atoms with Gasteiger partial charge in [0.05, 0.1) is 15.7 Å². The Hall–Kier alpha value is -3.01. The Labute approximate surface area is 185 Å². The van der Waals surface area contributed by atoms with Crippen molar-refractivity contribution in [1.82, 2.24) is 9.97 Å². The highest BCUT2D eigenvalue weighted by atomic mass is 35.5. The molecule has 154 valence electrons. The molecule has 0 aliphatic rings. The first-order valence-electron chi connectivity index (χ1n) is 8.45. The highest BCUT2D eigenvalue weighted by Crippen LogP contribution is 2.32. The van der Waals surface area contributed by atoms with E-state index in [0.717, 1.165) is 5.56 Å². The number of hydrogen-bond donors (Lipinski definition) is 0. The summed E-state index contributed by atoms with van der Waals surface area (Å²) < 4.78 is 5.34. The molecule has 0 spiro atoms. The predicted octanol–water partition coefficient (Wildman–Crippen LogP) is 5.02. The van der Waals surface area contributed by atoms with Gasteiger partial charge in [-0.2, -0.15) is 0 Å². The molecule has 3 rings (SSSR count). The van der Waals surface area contributed by atoms with Crippen LogP contribution in [0.5, 0.6) is 5.75 Å². The fraction of sp³-hybridized carbons (Fsp3) is 0.105. The molecule has 0 unspecified atom stereocenters. The van der Waals surface area contributed by atoms with Crippen LogP contribution in [0.25, 0.3) is 11.3 Å². The van der Waals surface area contributed by atoms with E-state index in [9.17, 15) is 14.9 Å². The number of thiazole rings is 1. The van der Waals surface area contributed by atoms with Crippen LogP contribution in [0.3, 0.4) is 0 Å². The zero-order valence-electron chi connectivity index (χ0n) is 15.3. The second-order valence-electron chi connectivity index (χ2n) is 5.81. The molecule has 3 aromatic rings. The lowest BCUT2D eigenvalue weighted by Gasteiger charge is -2.18. The second kappa shape index (κ2) is 9.66. The van der Waals surface area contributed by atoms with Crippen LogP contribution in [0.1, 0.15) is 0 Å². The van der Waals surface area contributed by atoms with Crippen molar-refractivity contribution >= 4 is 51.4 Å². The van der Waals surface area contributed by atoms with Crippen LogP contribution >= 0.6 is 34.5 Å². The van der Waals surface area contributed by atoms with Crippen molar-refractivity contribution in [2.75, 3.05) is 18.1 Å².